The summed E-state index contributed by atoms with van der Waals surface area (Å²) in [6, 6.07) is 0. The van der Waals surface area contributed by atoms with Crippen molar-refractivity contribution in [2.24, 2.45) is 0 Å². The van der Waals surface area contributed by atoms with Crippen molar-refractivity contribution >= 4 is 0 Å². The van der Waals surface area contributed by atoms with Crippen molar-refractivity contribution in [3.8, 4) is 6.19 Å². The van der Waals surface area contributed by atoms with Gasteiger partial charge in [-0.1, -0.05) is 12.8 Å². The van der Waals surface area contributed by atoms with E-state index in [0.29, 0.717) is 6.54 Å². The van der Waals surface area contributed by atoms with E-state index in [4.69, 9.17) is 5.26 Å². The zero-order chi connectivity index (χ0) is 8.32. The molecule has 0 saturated heterocycles. The highest BCUT2D eigenvalue weighted by atomic mass is 16.3. The summed E-state index contributed by atoms with van der Waals surface area (Å²) < 4.78 is 0. The summed E-state index contributed by atoms with van der Waals surface area (Å²) in [4.78, 5) is 1.49. The van der Waals surface area contributed by atoms with Gasteiger partial charge >= 0.3 is 0 Å². The van der Waals surface area contributed by atoms with E-state index >= 15 is 0 Å². The smallest absolute Gasteiger partial charge is 0.179 e. The predicted molar refractivity (Wildman–Crippen MR) is 41.7 cm³/mol. The standard InChI is InChI=1S/C8H14N2O/c1-10(7-9)6-8(11)4-2-3-5-8/h11H,2-6H2,1H3. The van der Waals surface area contributed by atoms with Crippen LogP contribution in [0.1, 0.15) is 25.7 Å². The SMILES string of the molecule is CN(C#N)CC1(O)CCCC1. The van der Waals surface area contributed by atoms with Crippen molar-refractivity contribution in [2.45, 2.75) is 31.3 Å². The molecule has 3 heteroatoms. The Kier molecular flexibility index (Phi) is 2.35. The Morgan fingerprint density at radius 1 is 1.55 bits per heavy atom. The molecular formula is C8H14N2O. The lowest BCUT2D eigenvalue weighted by Gasteiger charge is -2.24. The monoisotopic (exact) mass is 154 g/mol. The Labute approximate surface area is 67.2 Å². The molecule has 1 N–H and O–H groups in total. The van der Waals surface area contributed by atoms with Gasteiger partial charge < -0.3 is 10.0 Å². The second kappa shape index (κ2) is 3.10. The molecule has 0 aromatic rings. The molecule has 0 aromatic carbocycles. The summed E-state index contributed by atoms with van der Waals surface area (Å²) in [6.45, 7) is 0.490. The molecule has 0 atom stereocenters. The fraction of sp³-hybridized carbons (Fsp3) is 0.875. The second-order valence-corrected chi connectivity index (χ2v) is 3.39. The van der Waals surface area contributed by atoms with E-state index in [9.17, 15) is 5.11 Å². The zero-order valence-electron chi connectivity index (χ0n) is 6.88. The second-order valence-electron chi connectivity index (χ2n) is 3.39. The molecular weight excluding hydrogens is 140 g/mol. The van der Waals surface area contributed by atoms with Crippen LogP contribution in [0.5, 0.6) is 0 Å². The zero-order valence-corrected chi connectivity index (χ0v) is 6.88. The van der Waals surface area contributed by atoms with Crippen LogP contribution < -0.4 is 0 Å². The lowest BCUT2D eigenvalue weighted by atomic mass is 10.0. The fourth-order valence-electron chi connectivity index (χ4n) is 1.67. The Balaban J connectivity index is 2.41. The first-order chi connectivity index (χ1) is 5.16. The van der Waals surface area contributed by atoms with Gasteiger partial charge in [-0.3, -0.25) is 0 Å². The van der Waals surface area contributed by atoms with Crippen molar-refractivity contribution in [3.05, 3.63) is 0 Å². The number of nitrogens with zero attached hydrogens (tertiary/aromatic N) is 2. The summed E-state index contributed by atoms with van der Waals surface area (Å²) in [5, 5.41) is 18.3. The summed E-state index contributed by atoms with van der Waals surface area (Å²) in [7, 11) is 1.70. The van der Waals surface area contributed by atoms with Gasteiger partial charge in [0, 0.05) is 7.05 Å². The quantitative estimate of drug-likeness (QED) is 0.470. The molecule has 1 rings (SSSR count). The maximum atomic E-state index is 9.80. The van der Waals surface area contributed by atoms with E-state index in [0.717, 1.165) is 25.7 Å². The van der Waals surface area contributed by atoms with E-state index in [1.54, 1.807) is 7.05 Å². The maximum Gasteiger partial charge on any atom is 0.179 e. The third kappa shape index (κ3) is 2.09. The molecule has 62 valence electrons. The number of likely N-dealkylation sites (N-methyl/N-ethyl adjacent to an activating group) is 1. The van der Waals surface area contributed by atoms with Crippen LogP contribution in [0, 0.1) is 11.5 Å². The predicted octanol–water partition coefficient (Wildman–Crippen LogP) is 0.704. The molecule has 0 bridgehead atoms. The first-order valence-electron chi connectivity index (χ1n) is 3.99. The van der Waals surface area contributed by atoms with Crippen LogP contribution in [0.4, 0.5) is 0 Å². The van der Waals surface area contributed by atoms with Crippen LogP contribution in [0.3, 0.4) is 0 Å². The highest BCUT2D eigenvalue weighted by Gasteiger charge is 2.31. The molecule has 0 unspecified atom stereocenters. The molecule has 1 saturated carbocycles. The van der Waals surface area contributed by atoms with E-state index in [1.165, 1.54) is 4.90 Å². The molecule has 1 aliphatic carbocycles. The van der Waals surface area contributed by atoms with Crippen LogP contribution in [-0.2, 0) is 0 Å². The van der Waals surface area contributed by atoms with Gasteiger partial charge in [-0.25, -0.2) is 0 Å². The van der Waals surface area contributed by atoms with Crippen molar-refractivity contribution in [1.82, 2.24) is 4.90 Å². The lowest BCUT2D eigenvalue weighted by molar-refractivity contribution is 0.0285. The molecule has 0 aromatic heterocycles. The number of hydrogen-bond donors (Lipinski definition) is 1. The van der Waals surface area contributed by atoms with Crippen LogP contribution in [0.2, 0.25) is 0 Å². The van der Waals surface area contributed by atoms with Crippen LogP contribution >= 0.6 is 0 Å². The van der Waals surface area contributed by atoms with Crippen molar-refractivity contribution in [2.75, 3.05) is 13.6 Å². The van der Waals surface area contributed by atoms with Crippen molar-refractivity contribution in [3.63, 3.8) is 0 Å². The topological polar surface area (TPSA) is 47.3 Å². The summed E-state index contributed by atoms with van der Waals surface area (Å²) in [5.74, 6) is 0. The minimum absolute atomic E-state index is 0.490. The highest BCUT2D eigenvalue weighted by molar-refractivity contribution is 4.89. The Hall–Kier alpha value is -0.750. The third-order valence-corrected chi connectivity index (χ3v) is 2.24. The normalized spacial score (nSPS) is 21.2. The minimum atomic E-state index is -0.579. The average molecular weight is 154 g/mol. The van der Waals surface area contributed by atoms with Crippen molar-refractivity contribution < 1.29 is 5.11 Å². The van der Waals surface area contributed by atoms with Gasteiger partial charge in [0.15, 0.2) is 6.19 Å². The van der Waals surface area contributed by atoms with Crippen molar-refractivity contribution in [1.29, 1.82) is 5.26 Å². The van der Waals surface area contributed by atoms with Crippen LogP contribution in [-0.4, -0.2) is 29.2 Å². The van der Waals surface area contributed by atoms with Gasteiger partial charge in [0.25, 0.3) is 0 Å². The van der Waals surface area contributed by atoms with Gasteiger partial charge in [0.2, 0.25) is 0 Å². The first kappa shape index (κ1) is 8.35. The Bertz CT molecular complexity index is 167. The molecule has 3 nitrogen and oxygen atoms in total. The van der Waals surface area contributed by atoms with E-state index < -0.39 is 5.60 Å². The maximum absolute atomic E-state index is 9.80. The van der Waals surface area contributed by atoms with E-state index in [2.05, 4.69) is 0 Å². The Morgan fingerprint density at radius 3 is 2.55 bits per heavy atom. The van der Waals surface area contributed by atoms with Gasteiger partial charge in [0.1, 0.15) is 0 Å². The summed E-state index contributed by atoms with van der Waals surface area (Å²) >= 11 is 0. The molecule has 0 amide bonds. The minimum Gasteiger partial charge on any atom is -0.388 e. The third-order valence-electron chi connectivity index (χ3n) is 2.24. The summed E-state index contributed by atoms with van der Waals surface area (Å²) in [5.41, 5.74) is -0.579. The number of rotatable bonds is 2. The molecule has 1 aliphatic rings. The average Bonchev–Trinajstić information content (AvgIpc) is 2.36. The number of hydrogen-bond acceptors (Lipinski definition) is 3. The number of nitriles is 1. The molecule has 0 heterocycles. The molecule has 0 spiro atoms. The van der Waals surface area contributed by atoms with E-state index in [-0.39, 0.29) is 0 Å². The van der Waals surface area contributed by atoms with E-state index in [1.807, 2.05) is 6.19 Å². The molecule has 0 radical (unpaired) electrons. The Morgan fingerprint density at radius 2 is 2.09 bits per heavy atom. The lowest BCUT2D eigenvalue weighted by Crippen LogP contribution is -2.36. The van der Waals surface area contributed by atoms with Gasteiger partial charge in [-0.2, -0.15) is 5.26 Å². The molecule has 1 fully saturated rings. The number of aliphatic hydroxyl groups is 1. The highest BCUT2D eigenvalue weighted by Crippen LogP contribution is 2.29. The fourth-order valence-corrected chi connectivity index (χ4v) is 1.67. The van der Waals surface area contributed by atoms with Gasteiger partial charge in [-0.05, 0) is 12.8 Å². The first-order valence-corrected chi connectivity index (χ1v) is 3.99. The van der Waals surface area contributed by atoms with Gasteiger partial charge in [-0.15, -0.1) is 0 Å². The van der Waals surface area contributed by atoms with Crippen LogP contribution in [0.15, 0.2) is 0 Å². The van der Waals surface area contributed by atoms with Crippen LogP contribution in [0.25, 0.3) is 0 Å². The summed E-state index contributed by atoms with van der Waals surface area (Å²) in [6.07, 6.45) is 5.87. The molecule has 0 aliphatic heterocycles. The van der Waals surface area contributed by atoms with Gasteiger partial charge in [0.05, 0.1) is 12.1 Å². The largest absolute Gasteiger partial charge is 0.388 e. The molecule has 11 heavy (non-hydrogen) atoms.